The summed E-state index contributed by atoms with van der Waals surface area (Å²) >= 11 is 11.8. The van der Waals surface area contributed by atoms with E-state index in [1.54, 1.807) is 18.2 Å². The Hall–Kier alpha value is -1.13. The van der Waals surface area contributed by atoms with E-state index in [9.17, 15) is 0 Å². The van der Waals surface area contributed by atoms with Crippen molar-refractivity contribution >= 4 is 29.2 Å². The third-order valence-corrected chi connectivity index (χ3v) is 3.56. The predicted molar refractivity (Wildman–Crippen MR) is 79.5 cm³/mol. The normalized spacial score (nSPS) is 15.1. The Labute approximate surface area is 123 Å². The molecule has 0 amide bonds. The molecule has 1 aliphatic heterocycles. The van der Waals surface area contributed by atoms with Gasteiger partial charge in [0.2, 0.25) is 0 Å². The Bertz CT molecular complexity index is 465. The monoisotopic (exact) mass is 301 g/mol. The molecule has 0 aromatic heterocycles. The number of aliphatic imine (C=N–C) groups is 1. The van der Waals surface area contributed by atoms with Crippen LogP contribution in [0.25, 0.3) is 0 Å². The molecule has 2 rings (SSSR count). The van der Waals surface area contributed by atoms with E-state index < -0.39 is 0 Å². The molecule has 0 atom stereocenters. The molecular formula is C13H17Cl2N3O. The fraction of sp³-hybridized carbons (Fsp3) is 0.462. The number of hydrogen-bond donors (Lipinski definition) is 1. The molecule has 104 valence electrons. The van der Waals surface area contributed by atoms with Crippen molar-refractivity contribution in [2.24, 2.45) is 4.99 Å². The first-order chi connectivity index (χ1) is 9.16. The van der Waals surface area contributed by atoms with E-state index in [4.69, 9.17) is 27.9 Å². The van der Waals surface area contributed by atoms with E-state index in [2.05, 4.69) is 15.2 Å². The lowest BCUT2D eigenvalue weighted by Gasteiger charge is -2.25. The Morgan fingerprint density at radius 1 is 1.37 bits per heavy atom. The molecular weight excluding hydrogens is 285 g/mol. The van der Waals surface area contributed by atoms with Crippen LogP contribution in [0.5, 0.6) is 5.75 Å². The van der Waals surface area contributed by atoms with Crippen molar-refractivity contribution in [2.45, 2.75) is 6.42 Å². The van der Waals surface area contributed by atoms with E-state index in [0.717, 1.165) is 31.2 Å². The van der Waals surface area contributed by atoms with E-state index in [1.807, 2.05) is 7.05 Å². The Balaban J connectivity index is 1.74. The van der Waals surface area contributed by atoms with Crippen LogP contribution in [0, 0.1) is 0 Å². The highest BCUT2D eigenvalue weighted by atomic mass is 35.5. The van der Waals surface area contributed by atoms with Crippen LogP contribution in [0.3, 0.4) is 0 Å². The molecule has 4 nitrogen and oxygen atoms in total. The van der Waals surface area contributed by atoms with Crippen LogP contribution in [0.1, 0.15) is 6.42 Å². The summed E-state index contributed by atoms with van der Waals surface area (Å²) in [6, 6.07) is 5.25. The minimum atomic E-state index is 0.503. The zero-order chi connectivity index (χ0) is 13.7. The number of benzene rings is 1. The fourth-order valence-electron chi connectivity index (χ4n) is 1.81. The highest BCUT2D eigenvalue weighted by molar-refractivity contribution is 6.42. The van der Waals surface area contributed by atoms with Crippen molar-refractivity contribution in [1.29, 1.82) is 0 Å². The molecule has 0 saturated heterocycles. The number of guanidine groups is 1. The van der Waals surface area contributed by atoms with Gasteiger partial charge >= 0.3 is 0 Å². The lowest BCUT2D eigenvalue weighted by atomic mass is 10.3. The SMILES string of the molecule is CN1CCCN=C1NCCOc1ccc(Cl)c(Cl)c1. The fourth-order valence-corrected chi connectivity index (χ4v) is 2.10. The van der Waals surface area contributed by atoms with E-state index in [-0.39, 0.29) is 0 Å². The number of hydrogen-bond acceptors (Lipinski definition) is 4. The standard InChI is InChI=1S/C13H17Cl2N3O/c1-18-7-2-5-16-13(18)17-6-8-19-10-3-4-11(14)12(15)9-10/h3-4,9H,2,5-8H2,1H3,(H,16,17). The van der Waals surface area contributed by atoms with Crippen LogP contribution in [-0.2, 0) is 0 Å². The molecule has 19 heavy (non-hydrogen) atoms. The van der Waals surface area contributed by atoms with Crippen molar-refractivity contribution in [3.05, 3.63) is 28.2 Å². The highest BCUT2D eigenvalue weighted by Gasteiger charge is 2.09. The van der Waals surface area contributed by atoms with Crippen LogP contribution >= 0.6 is 23.2 Å². The lowest BCUT2D eigenvalue weighted by molar-refractivity contribution is 0.318. The van der Waals surface area contributed by atoms with Gasteiger partial charge in [0.1, 0.15) is 12.4 Å². The summed E-state index contributed by atoms with van der Waals surface area (Å²) in [5.74, 6) is 1.65. The molecule has 1 heterocycles. The summed E-state index contributed by atoms with van der Waals surface area (Å²) < 4.78 is 5.59. The van der Waals surface area contributed by atoms with E-state index in [1.165, 1.54) is 0 Å². The number of nitrogens with zero attached hydrogens (tertiary/aromatic N) is 2. The van der Waals surface area contributed by atoms with Crippen LogP contribution in [0.15, 0.2) is 23.2 Å². The summed E-state index contributed by atoms with van der Waals surface area (Å²) in [4.78, 5) is 6.53. The second-order valence-electron chi connectivity index (χ2n) is 4.33. The molecule has 1 aliphatic rings. The smallest absolute Gasteiger partial charge is 0.193 e. The Morgan fingerprint density at radius 3 is 2.95 bits per heavy atom. The van der Waals surface area contributed by atoms with Crippen LogP contribution in [-0.4, -0.2) is 44.1 Å². The average Bonchev–Trinajstić information content (AvgIpc) is 2.40. The summed E-state index contributed by atoms with van der Waals surface area (Å²) in [6.45, 7) is 3.17. The second kappa shape index (κ2) is 6.87. The van der Waals surface area contributed by atoms with Gasteiger partial charge in [-0.25, -0.2) is 0 Å². The molecule has 0 radical (unpaired) electrons. The van der Waals surface area contributed by atoms with Crippen molar-refractivity contribution in [1.82, 2.24) is 10.2 Å². The van der Waals surface area contributed by atoms with Crippen molar-refractivity contribution in [3.63, 3.8) is 0 Å². The van der Waals surface area contributed by atoms with Gasteiger partial charge in [0.15, 0.2) is 5.96 Å². The molecule has 1 N–H and O–H groups in total. The Kier molecular flexibility index (Phi) is 5.16. The highest BCUT2D eigenvalue weighted by Crippen LogP contribution is 2.26. The number of ether oxygens (including phenoxy) is 1. The minimum Gasteiger partial charge on any atom is -0.492 e. The van der Waals surface area contributed by atoms with Gasteiger partial charge in [0, 0.05) is 26.2 Å². The summed E-state index contributed by atoms with van der Waals surface area (Å²) in [5, 5.41) is 4.30. The van der Waals surface area contributed by atoms with Crippen LogP contribution in [0.2, 0.25) is 10.0 Å². The maximum absolute atomic E-state index is 5.91. The van der Waals surface area contributed by atoms with Gasteiger partial charge in [-0.1, -0.05) is 23.2 Å². The molecule has 6 heteroatoms. The average molecular weight is 302 g/mol. The van der Waals surface area contributed by atoms with E-state index >= 15 is 0 Å². The summed E-state index contributed by atoms with van der Waals surface area (Å²) in [5.41, 5.74) is 0. The van der Waals surface area contributed by atoms with Gasteiger partial charge in [-0.05, 0) is 18.6 Å². The minimum absolute atomic E-state index is 0.503. The molecule has 1 aromatic carbocycles. The Morgan fingerprint density at radius 2 is 2.21 bits per heavy atom. The van der Waals surface area contributed by atoms with E-state index in [0.29, 0.717) is 23.2 Å². The zero-order valence-electron chi connectivity index (χ0n) is 10.8. The summed E-state index contributed by atoms with van der Waals surface area (Å²) in [6.07, 6.45) is 1.11. The van der Waals surface area contributed by atoms with Gasteiger partial charge in [0.05, 0.1) is 16.6 Å². The lowest BCUT2D eigenvalue weighted by Crippen LogP contribution is -2.43. The molecule has 0 unspecified atom stereocenters. The number of halogens is 2. The molecule has 0 spiro atoms. The van der Waals surface area contributed by atoms with Gasteiger partial charge in [-0.15, -0.1) is 0 Å². The quantitative estimate of drug-likeness (QED) is 0.869. The molecule has 1 aromatic rings. The number of nitrogens with one attached hydrogen (secondary N) is 1. The maximum Gasteiger partial charge on any atom is 0.193 e. The van der Waals surface area contributed by atoms with Crippen molar-refractivity contribution in [2.75, 3.05) is 33.3 Å². The first-order valence-corrected chi connectivity index (χ1v) is 7.00. The van der Waals surface area contributed by atoms with Crippen molar-refractivity contribution < 1.29 is 4.74 Å². The predicted octanol–water partition coefficient (Wildman–Crippen LogP) is 2.65. The number of rotatable bonds is 4. The van der Waals surface area contributed by atoms with Gasteiger partial charge < -0.3 is 15.0 Å². The molecule has 0 fully saturated rings. The maximum atomic E-state index is 5.91. The molecule has 0 saturated carbocycles. The first-order valence-electron chi connectivity index (χ1n) is 6.24. The second-order valence-corrected chi connectivity index (χ2v) is 5.15. The topological polar surface area (TPSA) is 36.9 Å². The van der Waals surface area contributed by atoms with Gasteiger partial charge in [-0.2, -0.15) is 0 Å². The third-order valence-electron chi connectivity index (χ3n) is 2.82. The first kappa shape index (κ1) is 14.3. The summed E-state index contributed by atoms with van der Waals surface area (Å²) in [7, 11) is 2.03. The zero-order valence-corrected chi connectivity index (χ0v) is 12.3. The largest absolute Gasteiger partial charge is 0.492 e. The van der Waals surface area contributed by atoms with Crippen molar-refractivity contribution in [3.8, 4) is 5.75 Å². The van der Waals surface area contributed by atoms with Crippen LogP contribution in [0.4, 0.5) is 0 Å². The molecule has 0 bridgehead atoms. The third kappa shape index (κ3) is 4.18. The molecule has 0 aliphatic carbocycles. The van der Waals surface area contributed by atoms with Gasteiger partial charge in [0.25, 0.3) is 0 Å². The van der Waals surface area contributed by atoms with Crippen LogP contribution < -0.4 is 10.1 Å². The van der Waals surface area contributed by atoms with Gasteiger partial charge in [-0.3, -0.25) is 4.99 Å².